The molecule has 0 spiro atoms. The summed E-state index contributed by atoms with van der Waals surface area (Å²) >= 11 is 13.9. The van der Waals surface area contributed by atoms with E-state index in [0.29, 0.717) is 49.0 Å². The number of anilines is 1. The molecular weight excluding hydrogens is 405 g/mol. The minimum atomic E-state index is -0.170. The van der Waals surface area contributed by atoms with Gasteiger partial charge in [0.05, 0.1) is 22.2 Å². The van der Waals surface area contributed by atoms with Gasteiger partial charge in [0.2, 0.25) is 5.91 Å². The van der Waals surface area contributed by atoms with E-state index in [2.05, 4.69) is 15.3 Å². The van der Waals surface area contributed by atoms with Gasteiger partial charge in [-0.1, -0.05) is 29.3 Å². The van der Waals surface area contributed by atoms with Crippen LogP contribution in [-0.2, 0) is 11.2 Å². The van der Waals surface area contributed by atoms with Crippen molar-refractivity contribution < 1.29 is 9.21 Å². The number of thiazole rings is 1. The van der Waals surface area contributed by atoms with Gasteiger partial charge in [0.1, 0.15) is 10.5 Å². The van der Waals surface area contributed by atoms with Gasteiger partial charge in [-0.2, -0.15) is 0 Å². The van der Waals surface area contributed by atoms with Gasteiger partial charge in [0.25, 0.3) is 0 Å². The first-order chi connectivity index (χ1) is 13.0. The molecule has 0 aliphatic carbocycles. The van der Waals surface area contributed by atoms with Crippen LogP contribution in [0.1, 0.15) is 11.6 Å². The predicted octanol–water partition coefficient (Wildman–Crippen LogP) is 5.75. The zero-order chi connectivity index (χ0) is 19.0. The molecule has 0 fully saturated rings. The number of hydrogen-bond acceptors (Lipinski definition) is 5. The number of fused-ring (bicyclic) bond motifs is 1. The quantitative estimate of drug-likeness (QED) is 0.458. The monoisotopic (exact) mass is 417 g/mol. The summed E-state index contributed by atoms with van der Waals surface area (Å²) in [5.74, 6) is 0.415. The van der Waals surface area contributed by atoms with Crippen molar-refractivity contribution >= 4 is 57.2 Å². The third-order valence-corrected chi connectivity index (χ3v) is 5.39. The third-order valence-electron chi connectivity index (χ3n) is 3.85. The second-order valence-electron chi connectivity index (χ2n) is 5.88. The number of halogens is 2. The van der Waals surface area contributed by atoms with Gasteiger partial charge in [0.15, 0.2) is 11.5 Å². The number of benzene rings is 2. The Morgan fingerprint density at radius 1 is 1.19 bits per heavy atom. The normalized spacial score (nSPS) is 11.1. The molecule has 0 saturated heterocycles. The third kappa shape index (κ3) is 3.83. The molecule has 2 aromatic heterocycles. The molecule has 0 bridgehead atoms. The van der Waals surface area contributed by atoms with E-state index in [9.17, 15) is 4.79 Å². The molecule has 8 heteroatoms. The fourth-order valence-electron chi connectivity index (χ4n) is 2.70. The van der Waals surface area contributed by atoms with Crippen LogP contribution in [0.4, 0.5) is 5.69 Å². The molecule has 4 aromatic rings. The van der Waals surface area contributed by atoms with Crippen molar-refractivity contribution in [2.45, 2.75) is 13.3 Å². The van der Waals surface area contributed by atoms with Crippen LogP contribution < -0.4 is 5.32 Å². The Bertz CT molecular complexity index is 1130. The van der Waals surface area contributed by atoms with Crippen molar-refractivity contribution in [3.8, 4) is 10.6 Å². The summed E-state index contributed by atoms with van der Waals surface area (Å²) in [7, 11) is 0. The van der Waals surface area contributed by atoms with Crippen LogP contribution in [0.15, 0.2) is 46.2 Å². The Labute approximate surface area is 169 Å². The zero-order valence-corrected chi connectivity index (χ0v) is 16.5. The fraction of sp³-hybridized carbons (Fsp3) is 0.105. The summed E-state index contributed by atoms with van der Waals surface area (Å²) in [6.07, 6.45) is 0.147. The van der Waals surface area contributed by atoms with Crippen molar-refractivity contribution in [1.82, 2.24) is 9.97 Å². The summed E-state index contributed by atoms with van der Waals surface area (Å²) in [5, 5.41) is 6.44. The van der Waals surface area contributed by atoms with Crippen LogP contribution in [0.2, 0.25) is 10.0 Å². The number of nitrogens with one attached hydrogen (secondary N) is 1. The second-order valence-corrected chi connectivity index (χ2v) is 7.55. The van der Waals surface area contributed by atoms with Gasteiger partial charge in [0, 0.05) is 23.6 Å². The molecule has 1 N–H and O–H groups in total. The number of nitrogens with zero attached hydrogens (tertiary/aromatic N) is 2. The Kier molecular flexibility index (Phi) is 4.86. The Morgan fingerprint density at radius 3 is 2.74 bits per heavy atom. The SMILES string of the molecule is Cc1nc2cc(NC(=O)Cc3csc(-c4c(Cl)cccc4Cl)n3)ccc2o1. The van der Waals surface area contributed by atoms with Gasteiger partial charge in [-0.3, -0.25) is 4.79 Å². The first-order valence-corrected chi connectivity index (χ1v) is 9.69. The topological polar surface area (TPSA) is 68.0 Å². The van der Waals surface area contributed by atoms with Crippen molar-refractivity contribution in [2.75, 3.05) is 5.32 Å². The molecule has 0 atom stereocenters. The lowest BCUT2D eigenvalue weighted by molar-refractivity contribution is -0.115. The second kappa shape index (κ2) is 7.31. The van der Waals surface area contributed by atoms with Crippen molar-refractivity contribution in [1.29, 1.82) is 0 Å². The van der Waals surface area contributed by atoms with Crippen LogP contribution in [0.5, 0.6) is 0 Å². The highest BCUT2D eigenvalue weighted by Crippen LogP contribution is 2.36. The van der Waals surface area contributed by atoms with Gasteiger partial charge in [-0.15, -0.1) is 11.3 Å². The van der Waals surface area contributed by atoms with E-state index in [-0.39, 0.29) is 12.3 Å². The van der Waals surface area contributed by atoms with Crippen molar-refractivity contribution in [3.05, 3.63) is 63.4 Å². The average Bonchev–Trinajstić information content (AvgIpc) is 3.20. The van der Waals surface area contributed by atoms with Crippen LogP contribution >= 0.6 is 34.5 Å². The highest BCUT2D eigenvalue weighted by atomic mass is 35.5. The highest BCUT2D eigenvalue weighted by Gasteiger charge is 2.14. The lowest BCUT2D eigenvalue weighted by Gasteiger charge is -2.04. The number of aryl methyl sites for hydroxylation is 1. The summed E-state index contributed by atoms with van der Waals surface area (Å²) in [4.78, 5) is 21.1. The average molecular weight is 418 g/mol. The van der Waals surface area contributed by atoms with Gasteiger partial charge < -0.3 is 9.73 Å². The molecule has 0 radical (unpaired) electrons. The maximum atomic E-state index is 12.4. The van der Waals surface area contributed by atoms with Crippen LogP contribution in [0.25, 0.3) is 21.7 Å². The number of carbonyl (C=O) groups is 1. The summed E-state index contributed by atoms with van der Waals surface area (Å²) in [6.45, 7) is 1.78. The Hall–Kier alpha value is -2.41. The van der Waals surface area contributed by atoms with E-state index in [0.717, 1.165) is 0 Å². The molecule has 4 rings (SSSR count). The number of rotatable bonds is 4. The number of aromatic nitrogens is 2. The molecule has 2 heterocycles. The predicted molar refractivity (Wildman–Crippen MR) is 109 cm³/mol. The van der Waals surface area contributed by atoms with E-state index in [1.54, 1.807) is 43.3 Å². The summed E-state index contributed by atoms with van der Waals surface area (Å²) in [6, 6.07) is 10.6. The highest BCUT2D eigenvalue weighted by molar-refractivity contribution is 7.13. The van der Waals surface area contributed by atoms with E-state index in [4.69, 9.17) is 27.6 Å². The smallest absolute Gasteiger partial charge is 0.230 e. The maximum absolute atomic E-state index is 12.4. The van der Waals surface area contributed by atoms with Crippen LogP contribution in [-0.4, -0.2) is 15.9 Å². The lowest BCUT2D eigenvalue weighted by atomic mass is 10.2. The molecule has 27 heavy (non-hydrogen) atoms. The number of carbonyl (C=O) groups excluding carboxylic acids is 1. The molecule has 0 aliphatic heterocycles. The molecule has 136 valence electrons. The van der Waals surface area contributed by atoms with E-state index in [1.807, 2.05) is 5.38 Å². The van der Waals surface area contributed by atoms with E-state index < -0.39 is 0 Å². The number of amides is 1. The minimum Gasteiger partial charge on any atom is -0.441 e. The molecule has 5 nitrogen and oxygen atoms in total. The molecule has 1 amide bonds. The Morgan fingerprint density at radius 2 is 1.96 bits per heavy atom. The first kappa shape index (κ1) is 18.0. The standard InChI is InChI=1S/C19H13Cl2N3O2S/c1-10-22-15-7-11(5-6-16(15)26-10)23-17(25)8-12-9-27-19(24-12)18-13(20)3-2-4-14(18)21/h2-7,9H,8H2,1H3,(H,23,25). The van der Waals surface area contributed by atoms with Gasteiger partial charge >= 0.3 is 0 Å². The van der Waals surface area contributed by atoms with Crippen LogP contribution in [0.3, 0.4) is 0 Å². The Balaban J connectivity index is 1.49. The van der Waals surface area contributed by atoms with Gasteiger partial charge in [-0.25, -0.2) is 9.97 Å². The minimum absolute atomic E-state index is 0.147. The fourth-order valence-corrected chi connectivity index (χ4v) is 4.28. The molecule has 0 unspecified atom stereocenters. The molecule has 0 saturated carbocycles. The maximum Gasteiger partial charge on any atom is 0.230 e. The molecular formula is C19H13Cl2N3O2S. The van der Waals surface area contributed by atoms with Crippen LogP contribution in [0, 0.1) is 6.92 Å². The van der Waals surface area contributed by atoms with E-state index in [1.165, 1.54) is 11.3 Å². The summed E-state index contributed by atoms with van der Waals surface area (Å²) in [5.41, 5.74) is 3.39. The largest absolute Gasteiger partial charge is 0.441 e. The zero-order valence-electron chi connectivity index (χ0n) is 14.1. The molecule has 2 aromatic carbocycles. The van der Waals surface area contributed by atoms with Crippen molar-refractivity contribution in [3.63, 3.8) is 0 Å². The lowest BCUT2D eigenvalue weighted by Crippen LogP contribution is -2.14. The van der Waals surface area contributed by atoms with E-state index >= 15 is 0 Å². The number of hydrogen-bond donors (Lipinski definition) is 1. The first-order valence-electron chi connectivity index (χ1n) is 8.05. The number of oxazole rings is 1. The molecule has 0 aliphatic rings. The van der Waals surface area contributed by atoms with Crippen molar-refractivity contribution in [2.24, 2.45) is 0 Å². The van der Waals surface area contributed by atoms with Gasteiger partial charge in [-0.05, 0) is 30.3 Å². The summed E-state index contributed by atoms with van der Waals surface area (Å²) < 4.78 is 5.43.